The molecule has 0 saturated heterocycles. The number of carbonyl (C=O) groups is 1. The number of alkyl halides is 3. The standard InChI is InChI=1S/C16H14Cl3IN2O/c17-16(18,19)15(21-13-8-6-12(20)7-9-13)22-14(23)10-11-4-2-1-3-5-11/h1-9,15,21H,10H2,(H,22,23). The van der Waals surface area contributed by atoms with Gasteiger partial charge in [-0.05, 0) is 52.4 Å². The summed E-state index contributed by atoms with van der Waals surface area (Å²) < 4.78 is -0.596. The lowest BCUT2D eigenvalue weighted by molar-refractivity contribution is -0.120. The van der Waals surface area contributed by atoms with Crippen LogP contribution in [0.5, 0.6) is 0 Å². The Kier molecular flexibility index (Phi) is 6.83. The van der Waals surface area contributed by atoms with E-state index >= 15 is 0 Å². The normalized spacial score (nSPS) is 12.5. The highest BCUT2D eigenvalue weighted by molar-refractivity contribution is 14.1. The molecule has 1 amide bonds. The van der Waals surface area contributed by atoms with E-state index in [0.29, 0.717) is 0 Å². The molecule has 1 unspecified atom stereocenters. The van der Waals surface area contributed by atoms with Crippen molar-refractivity contribution >= 4 is 69.0 Å². The quantitative estimate of drug-likeness (QED) is 0.366. The Hall–Kier alpha value is -0.690. The molecule has 0 bridgehead atoms. The van der Waals surface area contributed by atoms with Gasteiger partial charge in [0.25, 0.3) is 0 Å². The minimum Gasteiger partial charge on any atom is -0.362 e. The first-order chi connectivity index (χ1) is 10.8. The van der Waals surface area contributed by atoms with Crippen molar-refractivity contribution in [1.29, 1.82) is 0 Å². The van der Waals surface area contributed by atoms with Crippen LogP contribution in [0.1, 0.15) is 5.56 Å². The van der Waals surface area contributed by atoms with E-state index < -0.39 is 9.96 Å². The number of nitrogens with one attached hydrogen (secondary N) is 2. The lowest BCUT2D eigenvalue weighted by Crippen LogP contribution is -2.49. The second-order valence-corrected chi connectivity index (χ2v) is 8.47. The van der Waals surface area contributed by atoms with E-state index in [9.17, 15) is 4.79 Å². The molecular formula is C16H14Cl3IN2O. The number of rotatable bonds is 5. The lowest BCUT2D eigenvalue weighted by Gasteiger charge is -2.27. The maximum Gasteiger partial charge on any atom is 0.228 e. The van der Waals surface area contributed by atoms with Crippen molar-refractivity contribution < 1.29 is 4.79 Å². The van der Waals surface area contributed by atoms with Crippen molar-refractivity contribution in [3.05, 3.63) is 63.7 Å². The number of benzene rings is 2. The van der Waals surface area contributed by atoms with E-state index in [1.807, 2.05) is 54.6 Å². The summed E-state index contributed by atoms with van der Waals surface area (Å²) in [5, 5.41) is 5.75. The number of hydrogen-bond acceptors (Lipinski definition) is 2. The zero-order chi connectivity index (χ0) is 16.9. The minimum absolute atomic E-state index is 0.215. The van der Waals surface area contributed by atoms with Crippen molar-refractivity contribution in [1.82, 2.24) is 5.32 Å². The summed E-state index contributed by atoms with van der Waals surface area (Å²) in [6.07, 6.45) is -0.629. The van der Waals surface area contributed by atoms with Crippen LogP contribution in [-0.4, -0.2) is 15.9 Å². The molecule has 7 heteroatoms. The third-order valence-electron chi connectivity index (χ3n) is 3.00. The molecule has 2 aromatic carbocycles. The van der Waals surface area contributed by atoms with E-state index in [-0.39, 0.29) is 12.3 Å². The van der Waals surface area contributed by atoms with Gasteiger partial charge in [0.15, 0.2) is 0 Å². The topological polar surface area (TPSA) is 41.1 Å². The maximum atomic E-state index is 12.2. The van der Waals surface area contributed by atoms with Gasteiger partial charge in [0.2, 0.25) is 9.70 Å². The number of anilines is 1. The van der Waals surface area contributed by atoms with Crippen molar-refractivity contribution in [3.63, 3.8) is 0 Å². The molecule has 2 rings (SSSR count). The van der Waals surface area contributed by atoms with Gasteiger partial charge >= 0.3 is 0 Å². The molecule has 0 heterocycles. The minimum atomic E-state index is -1.69. The molecule has 0 aliphatic rings. The Morgan fingerprint density at radius 3 is 2.22 bits per heavy atom. The molecular weight excluding hydrogens is 469 g/mol. The van der Waals surface area contributed by atoms with Gasteiger partial charge < -0.3 is 10.6 Å². The van der Waals surface area contributed by atoms with Gasteiger partial charge in [-0.15, -0.1) is 0 Å². The highest BCUT2D eigenvalue weighted by atomic mass is 127. The van der Waals surface area contributed by atoms with Gasteiger partial charge in [-0.25, -0.2) is 0 Å². The van der Waals surface area contributed by atoms with Crippen LogP contribution >= 0.6 is 57.4 Å². The Morgan fingerprint density at radius 1 is 1.04 bits per heavy atom. The summed E-state index contributed by atoms with van der Waals surface area (Å²) in [7, 11) is 0. The second kappa shape index (κ2) is 8.42. The van der Waals surface area contributed by atoms with Crippen molar-refractivity contribution in [3.8, 4) is 0 Å². The number of amides is 1. The largest absolute Gasteiger partial charge is 0.362 e. The predicted molar refractivity (Wildman–Crippen MR) is 105 cm³/mol. The van der Waals surface area contributed by atoms with Gasteiger partial charge in [-0.2, -0.15) is 0 Å². The highest BCUT2D eigenvalue weighted by Crippen LogP contribution is 2.31. The molecule has 0 fully saturated rings. The summed E-state index contributed by atoms with van der Waals surface area (Å²) in [6, 6.07) is 16.9. The number of halogens is 4. The Labute approximate surface area is 163 Å². The average Bonchev–Trinajstić information content (AvgIpc) is 2.49. The molecule has 0 aliphatic carbocycles. The predicted octanol–water partition coefficient (Wildman–Crippen LogP) is 4.76. The average molecular weight is 484 g/mol. The molecule has 1 atom stereocenters. The van der Waals surface area contributed by atoms with Crippen LogP contribution in [0.2, 0.25) is 0 Å². The third-order valence-corrected chi connectivity index (χ3v) is 4.37. The van der Waals surface area contributed by atoms with E-state index in [1.54, 1.807) is 0 Å². The molecule has 2 aromatic rings. The van der Waals surface area contributed by atoms with Crippen LogP contribution in [0.25, 0.3) is 0 Å². The summed E-state index contributed by atoms with van der Waals surface area (Å²) in [4.78, 5) is 12.2. The molecule has 0 spiro atoms. The molecule has 2 N–H and O–H groups in total. The molecule has 0 aliphatic heterocycles. The Balaban J connectivity index is 2.04. The van der Waals surface area contributed by atoms with E-state index in [4.69, 9.17) is 34.8 Å². The lowest BCUT2D eigenvalue weighted by atomic mass is 10.1. The molecule has 122 valence electrons. The van der Waals surface area contributed by atoms with E-state index in [0.717, 1.165) is 14.8 Å². The van der Waals surface area contributed by atoms with Gasteiger partial charge in [-0.1, -0.05) is 65.1 Å². The first kappa shape index (κ1) is 18.6. The first-order valence-corrected chi connectivity index (χ1v) is 8.98. The molecule has 23 heavy (non-hydrogen) atoms. The van der Waals surface area contributed by atoms with Crippen LogP contribution in [-0.2, 0) is 11.2 Å². The van der Waals surface area contributed by atoms with E-state index in [2.05, 4.69) is 33.2 Å². The van der Waals surface area contributed by atoms with Crippen LogP contribution < -0.4 is 10.6 Å². The zero-order valence-electron chi connectivity index (χ0n) is 11.9. The van der Waals surface area contributed by atoms with Crippen molar-refractivity contribution in [2.75, 3.05) is 5.32 Å². The monoisotopic (exact) mass is 482 g/mol. The fourth-order valence-corrected chi connectivity index (χ4v) is 2.59. The fraction of sp³-hybridized carbons (Fsp3) is 0.188. The fourth-order valence-electron chi connectivity index (χ4n) is 1.91. The van der Waals surface area contributed by atoms with Crippen molar-refractivity contribution in [2.45, 2.75) is 16.4 Å². The van der Waals surface area contributed by atoms with Gasteiger partial charge in [-0.3, -0.25) is 4.79 Å². The van der Waals surface area contributed by atoms with Crippen LogP contribution in [0.3, 0.4) is 0 Å². The zero-order valence-corrected chi connectivity index (χ0v) is 16.3. The Bertz CT molecular complexity index is 645. The van der Waals surface area contributed by atoms with Gasteiger partial charge in [0.05, 0.1) is 6.42 Å². The van der Waals surface area contributed by atoms with Gasteiger partial charge in [0, 0.05) is 9.26 Å². The molecule has 0 saturated carbocycles. The van der Waals surface area contributed by atoms with Crippen molar-refractivity contribution in [2.24, 2.45) is 0 Å². The SMILES string of the molecule is O=C(Cc1ccccc1)NC(Nc1ccc(I)cc1)C(Cl)(Cl)Cl. The molecule has 0 radical (unpaired) electrons. The van der Waals surface area contributed by atoms with Crippen LogP contribution in [0.4, 0.5) is 5.69 Å². The maximum absolute atomic E-state index is 12.2. The second-order valence-electron chi connectivity index (χ2n) is 4.86. The summed E-state index contributed by atoms with van der Waals surface area (Å²) in [5.74, 6) is -0.231. The number of hydrogen-bond donors (Lipinski definition) is 2. The van der Waals surface area contributed by atoms with Crippen LogP contribution in [0, 0.1) is 3.57 Å². The van der Waals surface area contributed by atoms with Crippen LogP contribution in [0.15, 0.2) is 54.6 Å². The van der Waals surface area contributed by atoms with E-state index in [1.165, 1.54) is 0 Å². The smallest absolute Gasteiger partial charge is 0.228 e. The highest BCUT2D eigenvalue weighted by Gasteiger charge is 2.34. The summed E-state index contributed by atoms with van der Waals surface area (Å²) >= 11 is 20.1. The summed E-state index contributed by atoms with van der Waals surface area (Å²) in [6.45, 7) is 0. The molecule has 3 nitrogen and oxygen atoms in total. The number of carbonyl (C=O) groups excluding carboxylic acids is 1. The Morgan fingerprint density at radius 2 is 1.65 bits per heavy atom. The first-order valence-electron chi connectivity index (χ1n) is 6.77. The molecule has 0 aromatic heterocycles. The van der Waals surface area contributed by atoms with Gasteiger partial charge in [0.1, 0.15) is 6.17 Å². The third kappa shape index (κ3) is 6.37. The summed E-state index contributed by atoms with van der Waals surface area (Å²) in [5.41, 5.74) is 1.64.